The van der Waals surface area contributed by atoms with Crippen LogP contribution in [0.15, 0.2) is 6.33 Å². The van der Waals surface area contributed by atoms with E-state index in [4.69, 9.17) is 11.6 Å². The van der Waals surface area contributed by atoms with Crippen LogP contribution < -0.4 is 5.32 Å². The number of hydrogen-bond donors (Lipinski definition) is 1. The molecule has 3 heterocycles. The molecule has 1 aliphatic heterocycles. The van der Waals surface area contributed by atoms with Crippen LogP contribution in [0.5, 0.6) is 0 Å². The van der Waals surface area contributed by atoms with Gasteiger partial charge in [0, 0.05) is 12.5 Å². The summed E-state index contributed by atoms with van der Waals surface area (Å²) in [7, 11) is 0. The molecule has 0 saturated carbocycles. The van der Waals surface area contributed by atoms with Gasteiger partial charge in [0.05, 0.1) is 17.6 Å². The van der Waals surface area contributed by atoms with E-state index in [0.717, 1.165) is 16.9 Å². The Hall–Kier alpha value is -0.460. The van der Waals surface area contributed by atoms with Crippen molar-refractivity contribution in [2.24, 2.45) is 0 Å². The van der Waals surface area contributed by atoms with Crippen LogP contribution >= 0.6 is 40.0 Å². The molecule has 0 aliphatic carbocycles. The van der Waals surface area contributed by atoms with Gasteiger partial charge in [-0.2, -0.15) is 0 Å². The molecular weight excluding hydrogens is 385 g/mol. The Morgan fingerprint density at radius 1 is 1.67 bits per heavy atom. The van der Waals surface area contributed by atoms with Crippen LogP contribution in [-0.2, 0) is 0 Å². The van der Waals surface area contributed by atoms with Crippen molar-refractivity contribution in [1.29, 1.82) is 0 Å². The van der Waals surface area contributed by atoms with Crippen LogP contribution in [0, 0.1) is 0 Å². The lowest BCUT2D eigenvalue weighted by Crippen LogP contribution is -2.27. The topological polar surface area (TPSA) is 59.8 Å². The highest BCUT2D eigenvalue weighted by Gasteiger charge is 2.28. The Kier molecular flexibility index (Phi) is 3.20. The molecule has 0 aromatic carbocycles. The second-order valence-corrected chi connectivity index (χ2v) is 6.65. The van der Waals surface area contributed by atoms with Crippen molar-refractivity contribution in [3.05, 3.63) is 17.0 Å². The van der Waals surface area contributed by atoms with Gasteiger partial charge in [-0.15, -0.1) is 0 Å². The number of ketones is 1. The van der Waals surface area contributed by atoms with Crippen molar-refractivity contribution in [3.8, 4) is 0 Å². The number of carbonyl (C=O) groups excluding carboxylic acids is 1. The van der Waals surface area contributed by atoms with Gasteiger partial charge >= 0.3 is 0 Å². The van der Waals surface area contributed by atoms with E-state index in [1.807, 2.05) is 11.3 Å². The van der Waals surface area contributed by atoms with Gasteiger partial charge in [0.2, 0.25) is 0 Å². The first kappa shape index (κ1) is 12.6. The number of carbonyl (C=O) groups is 1. The number of pyridine rings is 1. The van der Waals surface area contributed by atoms with Crippen LogP contribution in [0.3, 0.4) is 0 Å². The molecule has 18 heavy (non-hydrogen) atoms. The van der Waals surface area contributed by atoms with Crippen LogP contribution in [0.25, 0.3) is 11.2 Å². The number of nitrogens with one attached hydrogen (secondary N) is 1. The zero-order valence-electron chi connectivity index (χ0n) is 9.37. The maximum atomic E-state index is 12.0. The summed E-state index contributed by atoms with van der Waals surface area (Å²) in [5.41, 5.74) is 2.64. The average Bonchev–Trinajstić information content (AvgIpc) is 2.70. The summed E-state index contributed by atoms with van der Waals surface area (Å²) >= 11 is 8.39. The fourth-order valence-electron chi connectivity index (χ4n) is 2.13. The summed E-state index contributed by atoms with van der Waals surface area (Å²) in [5.74, 6) is 0.0297. The van der Waals surface area contributed by atoms with E-state index < -0.39 is 0 Å². The van der Waals surface area contributed by atoms with Crippen molar-refractivity contribution < 1.29 is 4.79 Å². The van der Waals surface area contributed by atoms with E-state index in [1.54, 1.807) is 6.33 Å². The Balaban J connectivity index is 2.35. The zero-order chi connectivity index (χ0) is 12.9. The molecule has 94 valence electrons. The number of hydrogen-bond acceptors (Lipinski definition) is 4. The Morgan fingerprint density at radius 2 is 2.44 bits per heavy atom. The first-order chi connectivity index (χ1) is 8.61. The minimum Gasteiger partial charge on any atom is -0.380 e. The number of Topliss-reactive ketones (excluding diaryl/α,β-unsaturated/α-hetero) is 1. The van der Waals surface area contributed by atoms with Crippen molar-refractivity contribution in [1.82, 2.24) is 14.3 Å². The van der Waals surface area contributed by atoms with E-state index in [2.05, 4.69) is 37.3 Å². The average molecular weight is 395 g/mol. The summed E-state index contributed by atoms with van der Waals surface area (Å²) in [6.45, 7) is 1.97. The lowest BCUT2D eigenvalue weighted by atomic mass is 9.99. The molecule has 3 rings (SSSR count). The quantitative estimate of drug-likeness (QED) is 0.458. The summed E-state index contributed by atoms with van der Waals surface area (Å²) in [5, 5.41) is 3.55. The van der Waals surface area contributed by atoms with Crippen molar-refractivity contribution in [2.75, 3.05) is 5.32 Å². The number of fused-ring (bicyclic) bond motifs is 3. The molecule has 1 aliphatic rings. The third-order valence-electron chi connectivity index (χ3n) is 2.89. The van der Waals surface area contributed by atoms with Gasteiger partial charge in [0.1, 0.15) is 17.0 Å². The van der Waals surface area contributed by atoms with Crippen molar-refractivity contribution in [3.63, 3.8) is 0 Å². The molecule has 0 saturated heterocycles. The lowest BCUT2D eigenvalue weighted by molar-refractivity contribution is 0.0974. The van der Waals surface area contributed by atoms with Gasteiger partial charge in [0.15, 0.2) is 11.4 Å². The number of halogens is 2. The number of aromatic nitrogens is 3. The Labute approximate surface area is 123 Å². The molecule has 0 spiro atoms. The second-order valence-electron chi connectivity index (χ2n) is 4.20. The molecule has 0 amide bonds. The highest BCUT2D eigenvalue weighted by atomic mass is 127. The van der Waals surface area contributed by atoms with E-state index in [1.165, 1.54) is 0 Å². The SMILES string of the molecule is CC1CC(=O)c2c(Cl)nc3c(ncn3PI)c2N1. The van der Waals surface area contributed by atoms with Crippen molar-refractivity contribution in [2.45, 2.75) is 19.4 Å². The summed E-state index contributed by atoms with van der Waals surface area (Å²) in [4.78, 5) is 20.7. The third kappa shape index (κ3) is 1.82. The molecule has 2 aromatic rings. The predicted molar refractivity (Wildman–Crippen MR) is 82.3 cm³/mol. The lowest BCUT2D eigenvalue weighted by Gasteiger charge is -2.23. The van der Waals surface area contributed by atoms with Gasteiger partial charge in [-0.25, -0.2) is 9.97 Å². The first-order valence-corrected chi connectivity index (χ1v) is 9.78. The predicted octanol–water partition coefficient (Wildman–Crippen LogP) is 3.26. The largest absolute Gasteiger partial charge is 0.380 e. The molecule has 2 aromatic heterocycles. The first-order valence-electron chi connectivity index (χ1n) is 5.34. The minimum absolute atomic E-state index is 0.0297. The molecule has 1 N–H and O–H groups in total. The molecule has 8 heteroatoms. The Bertz CT molecular complexity index is 659. The van der Waals surface area contributed by atoms with E-state index in [-0.39, 0.29) is 17.0 Å². The smallest absolute Gasteiger partial charge is 0.170 e. The monoisotopic (exact) mass is 394 g/mol. The van der Waals surface area contributed by atoms with Crippen LogP contribution in [0.4, 0.5) is 5.69 Å². The molecule has 5 nitrogen and oxygen atoms in total. The highest BCUT2D eigenvalue weighted by molar-refractivity contribution is 14.2. The van der Waals surface area contributed by atoms with Gasteiger partial charge in [-0.3, -0.25) is 9.13 Å². The molecular formula is C10H9ClIN4OP. The van der Waals surface area contributed by atoms with Gasteiger partial charge in [0.25, 0.3) is 0 Å². The van der Waals surface area contributed by atoms with Gasteiger partial charge in [-0.1, -0.05) is 11.6 Å². The summed E-state index contributed by atoms with van der Waals surface area (Å²) < 4.78 is 1.92. The normalized spacial score (nSPS) is 19.5. The van der Waals surface area contributed by atoms with Crippen LogP contribution in [0.1, 0.15) is 23.7 Å². The standard InChI is InChI=1S/C10H9ClIN4OP/c1-4-2-5(17)6-7(14-4)8-10(15-9(6)11)16(18-12)3-13-8/h3-4,14,18H,2H2,1H3. The fourth-order valence-corrected chi connectivity index (χ4v) is 3.81. The minimum atomic E-state index is 0.0297. The number of anilines is 1. The Morgan fingerprint density at radius 3 is 3.17 bits per heavy atom. The van der Waals surface area contributed by atoms with E-state index in [0.29, 0.717) is 18.4 Å². The maximum Gasteiger partial charge on any atom is 0.170 e. The van der Waals surface area contributed by atoms with Gasteiger partial charge in [-0.05, 0) is 29.0 Å². The van der Waals surface area contributed by atoms with Crippen molar-refractivity contribution >= 4 is 62.7 Å². The van der Waals surface area contributed by atoms with Crippen LogP contribution in [-0.4, -0.2) is 26.1 Å². The summed E-state index contributed by atoms with van der Waals surface area (Å²) in [6.07, 6.45) is 2.66. The van der Waals surface area contributed by atoms with E-state index in [9.17, 15) is 4.79 Å². The van der Waals surface area contributed by atoms with Gasteiger partial charge < -0.3 is 5.32 Å². The fraction of sp³-hybridized carbons (Fsp3) is 0.300. The maximum absolute atomic E-state index is 12.0. The number of rotatable bonds is 1. The molecule has 0 bridgehead atoms. The highest BCUT2D eigenvalue weighted by Crippen LogP contribution is 2.37. The third-order valence-corrected chi connectivity index (χ3v) is 5.23. The molecule has 2 atom stereocenters. The number of imidazole rings is 1. The molecule has 0 fully saturated rings. The second kappa shape index (κ2) is 4.58. The molecule has 2 unspecified atom stereocenters. The van der Waals surface area contributed by atoms with Crippen LogP contribution in [0.2, 0.25) is 5.15 Å². The van der Waals surface area contributed by atoms with E-state index >= 15 is 0 Å². The number of nitrogens with zero attached hydrogens (tertiary/aromatic N) is 3. The zero-order valence-corrected chi connectivity index (χ0v) is 13.3. The summed E-state index contributed by atoms with van der Waals surface area (Å²) in [6, 6.07) is 0.0962. The molecule has 0 radical (unpaired) electrons.